The lowest BCUT2D eigenvalue weighted by Crippen LogP contribution is -2.44. The molecular weight excluding hydrogens is 213 g/mol. The summed E-state index contributed by atoms with van der Waals surface area (Å²) in [5, 5.41) is 18.4. The van der Waals surface area contributed by atoms with Crippen LogP contribution in [0.2, 0.25) is 0 Å². The lowest BCUT2D eigenvalue weighted by Gasteiger charge is -2.16. The number of halogens is 1. The van der Waals surface area contributed by atoms with Gasteiger partial charge in [0.25, 0.3) is 0 Å². The van der Waals surface area contributed by atoms with Gasteiger partial charge in [-0.25, -0.2) is 4.39 Å². The molecule has 0 spiro atoms. The first-order valence-corrected chi connectivity index (χ1v) is 4.91. The van der Waals surface area contributed by atoms with E-state index >= 15 is 0 Å². The van der Waals surface area contributed by atoms with Gasteiger partial charge in [0.15, 0.2) is 0 Å². The van der Waals surface area contributed by atoms with Crippen molar-refractivity contribution in [1.82, 2.24) is 5.32 Å². The molecule has 0 rings (SSSR count). The summed E-state index contributed by atoms with van der Waals surface area (Å²) in [6.07, 6.45) is 1.23. The first kappa shape index (κ1) is 14.6. The Hall–Kier alpha value is -1.43. The molecule has 5 nitrogen and oxygen atoms in total. The van der Waals surface area contributed by atoms with Crippen molar-refractivity contribution < 1.29 is 14.3 Å². The number of hydrogen-bond donors (Lipinski definition) is 4. The predicted octanol–water partition coefficient (Wildman–Crippen LogP) is 1.01. The molecule has 6 heteroatoms. The van der Waals surface area contributed by atoms with Crippen LogP contribution >= 0.6 is 0 Å². The van der Waals surface area contributed by atoms with E-state index in [1.54, 1.807) is 6.92 Å². The molecular formula is C10H18FN3O2. The van der Waals surface area contributed by atoms with E-state index in [-0.39, 0.29) is 18.7 Å². The van der Waals surface area contributed by atoms with Gasteiger partial charge in [-0.2, -0.15) is 0 Å². The van der Waals surface area contributed by atoms with Crippen molar-refractivity contribution in [3.05, 3.63) is 11.9 Å². The molecule has 0 heterocycles. The number of aliphatic carboxylic acids is 1. The monoisotopic (exact) mass is 231 g/mol. The molecule has 0 radical (unpaired) electrons. The zero-order valence-electron chi connectivity index (χ0n) is 9.51. The Morgan fingerprint density at radius 3 is 2.69 bits per heavy atom. The van der Waals surface area contributed by atoms with Crippen molar-refractivity contribution in [3.8, 4) is 0 Å². The van der Waals surface area contributed by atoms with Crippen molar-refractivity contribution in [1.29, 1.82) is 5.41 Å². The minimum Gasteiger partial charge on any atom is -0.480 e. The topological polar surface area (TPSA) is 99.2 Å². The lowest BCUT2D eigenvalue weighted by molar-refractivity contribution is -0.142. The van der Waals surface area contributed by atoms with Crippen molar-refractivity contribution in [2.45, 2.75) is 32.2 Å². The number of rotatable bonds is 6. The van der Waals surface area contributed by atoms with Gasteiger partial charge in [-0.05, 0) is 20.3 Å². The van der Waals surface area contributed by atoms with Gasteiger partial charge >= 0.3 is 5.97 Å². The van der Waals surface area contributed by atoms with Crippen molar-refractivity contribution in [3.63, 3.8) is 0 Å². The minimum absolute atomic E-state index is 0.0578. The molecule has 0 amide bonds. The molecule has 0 saturated carbocycles. The first-order valence-electron chi connectivity index (χ1n) is 4.91. The lowest BCUT2D eigenvalue weighted by atomic mass is 9.99. The van der Waals surface area contributed by atoms with E-state index < -0.39 is 17.3 Å². The third-order valence-electron chi connectivity index (χ3n) is 1.99. The Morgan fingerprint density at radius 1 is 1.69 bits per heavy atom. The number of nitrogens with two attached hydrogens (primary N) is 1. The van der Waals surface area contributed by atoms with Crippen LogP contribution in [0.4, 0.5) is 4.39 Å². The van der Waals surface area contributed by atoms with Gasteiger partial charge in [0.1, 0.15) is 5.54 Å². The Balaban J connectivity index is 4.04. The molecule has 16 heavy (non-hydrogen) atoms. The molecule has 0 unspecified atom stereocenters. The molecule has 5 N–H and O–H groups in total. The molecule has 0 aliphatic carbocycles. The Bertz CT molecular complexity index is 300. The Labute approximate surface area is 94.0 Å². The third kappa shape index (κ3) is 6.13. The summed E-state index contributed by atoms with van der Waals surface area (Å²) in [6, 6.07) is 0. The number of carboxylic acids is 1. The van der Waals surface area contributed by atoms with Gasteiger partial charge < -0.3 is 16.2 Å². The van der Waals surface area contributed by atoms with Crippen molar-refractivity contribution in [2.75, 3.05) is 6.54 Å². The highest BCUT2D eigenvalue weighted by atomic mass is 19.1. The molecule has 0 aliphatic rings. The van der Waals surface area contributed by atoms with Crippen molar-refractivity contribution >= 4 is 11.8 Å². The van der Waals surface area contributed by atoms with Gasteiger partial charge in [0, 0.05) is 13.0 Å². The standard InChI is InChI=1S/C10H18FN3O2/c1-7(12)14-6-4-8(11)3-5-10(2,13)9(15)16/h3H,4-6,13H2,1-2H3,(H2,12,14)(H,15,16)/b8-3-/t10-/m0/s1. The van der Waals surface area contributed by atoms with Gasteiger partial charge in [-0.15, -0.1) is 0 Å². The van der Waals surface area contributed by atoms with E-state index in [4.69, 9.17) is 16.2 Å². The maximum atomic E-state index is 13.1. The molecule has 0 aromatic carbocycles. The van der Waals surface area contributed by atoms with E-state index in [0.717, 1.165) is 0 Å². The maximum Gasteiger partial charge on any atom is 0.323 e. The highest BCUT2D eigenvalue weighted by Crippen LogP contribution is 2.11. The highest BCUT2D eigenvalue weighted by Gasteiger charge is 2.26. The number of nitrogens with one attached hydrogen (secondary N) is 2. The molecule has 0 bridgehead atoms. The summed E-state index contributed by atoms with van der Waals surface area (Å²) in [6.45, 7) is 3.20. The summed E-state index contributed by atoms with van der Waals surface area (Å²) >= 11 is 0. The number of hydrogen-bond acceptors (Lipinski definition) is 3. The van der Waals surface area contributed by atoms with Gasteiger partial charge in [-0.3, -0.25) is 10.2 Å². The maximum absolute atomic E-state index is 13.1. The smallest absolute Gasteiger partial charge is 0.323 e. The second kappa shape index (κ2) is 6.22. The van der Waals surface area contributed by atoms with Crippen LogP contribution in [-0.2, 0) is 4.79 Å². The SMILES string of the molecule is CC(=N)NCC/C(F)=C/C[C@](C)(N)C(=O)O. The van der Waals surface area contributed by atoms with Crippen LogP contribution in [0.5, 0.6) is 0 Å². The summed E-state index contributed by atoms with van der Waals surface area (Å²) in [5.74, 6) is -1.32. The third-order valence-corrected chi connectivity index (χ3v) is 1.99. The van der Waals surface area contributed by atoms with Gasteiger partial charge in [0.2, 0.25) is 0 Å². The molecule has 0 fully saturated rings. The molecule has 0 aromatic rings. The molecule has 92 valence electrons. The van der Waals surface area contributed by atoms with Crippen LogP contribution in [0.15, 0.2) is 11.9 Å². The van der Waals surface area contributed by atoms with E-state index in [1.165, 1.54) is 13.0 Å². The molecule has 0 aromatic heterocycles. The summed E-state index contributed by atoms with van der Waals surface area (Å²) < 4.78 is 13.1. The Kier molecular flexibility index (Phi) is 5.66. The number of carbonyl (C=O) groups is 1. The van der Waals surface area contributed by atoms with Crippen LogP contribution in [-0.4, -0.2) is 29.0 Å². The zero-order valence-corrected chi connectivity index (χ0v) is 9.51. The molecule has 0 saturated heterocycles. The second-order valence-electron chi connectivity index (χ2n) is 3.88. The second-order valence-corrected chi connectivity index (χ2v) is 3.88. The summed E-state index contributed by atoms with van der Waals surface area (Å²) in [7, 11) is 0. The largest absolute Gasteiger partial charge is 0.480 e. The number of amidine groups is 1. The van der Waals surface area contributed by atoms with Crippen LogP contribution in [0.25, 0.3) is 0 Å². The highest BCUT2D eigenvalue weighted by molar-refractivity contribution is 5.78. The fourth-order valence-electron chi connectivity index (χ4n) is 0.882. The van der Waals surface area contributed by atoms with Crippen LogP contribution in [0, 0.1) is 5.41 Å². The van der Waals surface area contributed by atoms with E-state index in [9.17, 15) is 9.18 Å². The Morgan fingerprint density at radius 2 is 2.25 bits per heavy atom. The zero-order chi connectivity index (χ0) is 12.8. The first-order chi connectivity index (χ1) is 7.25. The van der Waals surface area contributed by atoms with Gasteiger partial charge in [0.05, 0.1) is 11.7 Å². The van der Waals surface area contributed by atoms with Gasteiger partial charge in [-0.1, -0.05) is 6.08 Å². The average Bonchev–Trinajstić information content (AvgIpc) is 2.14. The number of carboxylic acid groups (broad SMARTS) is 1. The van der Waals surface area contributed by atoms with E-state index in [1.807, 2.05) is 0 Å². The fraction of sp³-hybridized carbons (Fsp3) is 0.600. The quantitative estimate of drug-likeness (QED) is 0.405. The van der Waals surface area contributed by atoms with Crippen LogP contribution in [0.1, 0.15) is 26.7 Å². The van der Waals surface area contributed by atoms with E-state index in [2.05, 4.69) is 5.32 Å². The van der Waals surface area contributed by atoms with Crippen LogP contribution < -0.4 is 11.1 Å². The molecule has 0 aliphatic heterocycles. The average molecular weight is 231 g/mol. The van der Waals surface area contributed by atoms with E-state index in [0.29, 0.717) is 6.54 Å². The molecule has 1 atom stereocenters. The fourth-order valence-corrected chi connectivity index (χ4v) is 0.882. The van der Waals surface area contributed by atoms with Crippen molar-refractivity contribution in [2.24, 2.45) is 5.73 Å². The summed E-state index contributed by atoms with van der Waals surface area (Å²) in [4.78, 5) is 10.6. The minimum atomic E-state index is -1.44. The normalized spacial score (nSPS) is 15.4. The summed E-state index contributed by atoms with van der Waals surface area (Å²) in [5.41, 5.74) is 3.98. The predicted molar refractivity (Wildman–Crippen MR) is 60.1 cm³/mol. The van der Waals surface area contributed by atoms with Crippen LogP contribution in [0.3, 0.4) is 0 Å².